The van der Waals surface area contributed by atoms with Crippen molar-refractivity contribution in [1.82, 2.24) is 14.3 Å². The van der Waals surface area contributed by atoms with Crippen molar-refractivity contribution in [3.05, 3.63) is 71.9 Å². The smallest absolute Gasteiger partial charge is 0.229 e. The van der Waals surface area contributed by atoms with Gasteiger partial charge in [-0.05, 0) is 36.2 Å². The Hall–Kier alpha value is -2.73. The molecule has 1 fully saturated rings. The minimum Gasteiger partial charge on any atom is -0.391 e. The van der Waals surface area contributed by atoms with Crippen LogP contribution in [-0.4, -0.2) is 37.9 Å². The van der Waals surface area contributed by atoms with Gasteiger partial charge in [-0.3, -0.25) is 4.79 Å². The monoisotopic (exact) mass is 339 g/mol. The maximum Gasteiger partial charge on any atom is 0.229 e. The topological polar surface area (TPSA) is 57.8 Å². The summed E-state index contributed by atoms with van der Waals surface area (Å²) in [7, 11) is 0. The van der Waals surface area contributed by atoms with Crippen LogP contribution in [-0.2, 0) is 11.2 Å². The molecule has 0 aliphatic carbocycles. The Morgan fingerprint density at radius 2 is 2.04 bits per heavy atom. The summed E-state index contributed by atoms with van der Waals surface area (Å²) >= 11 is 0. The summed E-state index contributed by atoms with van der Waals surface area (Å²) in [5, 5.41) is 10.0. The highest BCUT2D eigenvalue weighted by Gasteiger charge is 2.35. The first-order valence-electron chi connectivity index (χ1n) is 8.26. The molecule has 3 heterocycles. The number of β-amino-alcohol motifs (C(OH)–C–C–N with tert-alkyl or cyclic N) is 1. The van der Waals surface area contributed by atoms with E-state index in [0.29, 0.717) is 12.1 Å². The fraction of sp³-hybridized carbons (Fsp3) is 0.263. The molecular weight excluding hydrogens is 321 g/mol. The molecule has 6 heteroatoms. The lowest BCUT2D eigenvalue weighted by Crippen LogP contribution is -2.33. The van der Waals surface area contributed by atoms with Crippen LogP contribution >= 0.6 is 0 Å². The molecule has 5 nitrogen and oxygen atoms in total. The second kappa shape index (κ2) is 6.29. The van der Waals surface area contributed by atoms with Gasteiger partial charge in [0, 0.05) is 18.9 Å². The maximum atomic E-state index is 13.2. The highest BCUT2D eigenvalue weighted by Crippen LogP contribution is 2.32. The fourth-order valence-corrected chi connectivity index (χ4v) is 3.42. The SMILES string of the molecule is O=C(Cc1cn2ccccc2n1)N1C[C@H](O)C[C@@H]1c1ccc(F)cc1. The number of carbonyl (C=O) groups excluding carboxylic acids is 1. The van der Waals surface area contributed by atoms with Crippen LogP contribution in [0.15, 0.2) is 54.9 Å². The minimum atomic E-state index is -0.569. The van der Waals surface area contributed by atoms with Crippen LogP contribution < -0.4 is 0 Å². The van der Waals surface area contributed by atoms with Crippen molar-refractivity contribution in [3.63, 3.8) is 0 Å². The van der Waals surface area contributed by atoms with Crippen molar-refractivity contribution in [2.45, 2.75) is 25.0 Å². The van der Waals surface area contributed by atoms with Gasteiger partial charge in [0.25, 0.3) is 0 Å². The lowest BCUT2D eigenvalue weighted by Gasteiger charge is -2.24. The molecule has 25 heavy (non-hydrogen) atoms. The number of imidazole rings is 1. The third-order valence-corrected chi connectivity index (χ3v) is 4.60. The van der Waals surface area contributed by atoms with Gasteiger partial charge >= 0.3 is 0 Å². The van der Waals surface area contributed by atoms with Gasteiger partial charge in [0.05, 0.1) is 24.3 Å². The highest BCUT2D eigenvalue weighted by molar-refractivity contribution is 5.79. The number of likely N-dealkylation sites (tertiary alicyclic amines) is 1. The van der Waals surface area contributed by atoms with E-state index in [-0.39, 0.29) is 30.7 Å². The molecule has 2 atom stereocenters. The number of rotatable bonds is 3. The van der Waals surface area contributed by atoms with E-state index in [4.69, 9.17) is 0 Å². The molecule has 1 amide bonds. The van der Waals surface area contributed by atoms with Crippen molar-refractivity contribution in [1.29, 1.82) is 0 Å². The van der Waals surface area contributed by atoms with Crippen molar-refractivity contribution in [3.8, 4) is 0 Å². The molecule has 1 saturated heterocycles. The summed E-state index contributed by atoms with van der Waals surface area (Å²) in [5.41, 5.74) is 2.32. The van der Waals surface area contributed by atoms with E-state index in [0.717, 1.165) is 11.2 Å². The average molecular weight is 339 g/mol. The van der Waals surface area contributed by atoms with Gasteiger partial charge in [0.15, 0.2) is 0 Å². The predicted molar refractivity (Wildman–Crippen MR) is 90.4 cm³/mol. The number of nitrogens with zero attached hydrogens (tertiary/aromatic N) is 3. The Labute approximate surface area is 144 Å². The summed E-state index contributed by atoms with van der Waals surface area (Å²) in [5.74, 6) is -0.404. The highest BCUT2D eigenvalue weighted by atomic mass is 19.1. The number of aliphatic hydroxyl groups is 1. The lowest BCUT2D eigenvalue weighted by atomic mass is 10.0. The number of carbonyl (C=O) groups is 1. The normalized spacial score (nSPS) is 20.3. The molecule has 0 unspecified atom stereocenters. The van der Waals surface area contributed by atoms with E-state index in [2.05, 4.69) is 4.98 Å². The molecule has 1 aliphatic rings. The predicted octanol–water partition coefficient (Wildman–Crippen LogP) is 2.35. The molecule has 1 N–H and O–H groups in total. The first-order valence-corrected chi connectivity index (χ1v) is 8.26. The molecule has 128 valence electrons. The molecule has 4 rings (SSSR count). The summed E-state index contributed by atoms with van der Waals surface area (Å²) < 4.78 is 15.0. The Morgan fingerprint density at radius 1 is 1.24 bits per heavy atom. The number of aromatic nitrogens is 2. The Balaban J connectivity index is 1.55. The Morgan fingerprint density at radius 3 is 2.80 bits per heavy atom. The van der Waals surface area contributed by atoms with Gasteiger partial charge in [-0.1, -0.05) is 18.2 Å². The maximum absolute atomic E-state index is 13.2. The molecule has 3 aromatic rings. The van der Waals surface area contributed by atoms with E-state index in [9.17, 15) is 14.3 Å². The van der Waals surface area contributed by atoms with Crippen molar-refractivity contribution >= 4 is 11.6 Å². The quantitative estimate of drug-likeness (QED) is 0.797. The van der Waals surface area contributed by atoms with Crippen LogP contribution in [0.25, 0.3) is 5.65 Å². The lowest BCUT2D eigenvalue weighted by molar-refractivity contribution is -0.131. The van der Waals surface area contributed by atoms with Crippen molar-refractivity contribution < 1.29 is 14.3 Å². The first-order chi connectivity index (χ1) is 12.1. The van der Waals surface area contributed by atoms with E-state index >= 15 is 0 Å². The van der Waals surface area contributed by atoms with Gasteiger partial charge in [-0.15, -0.1) is 0 Å². The number of pyridine rings is 1. The summed E-state index contributed by atoms with van der Waals surface area (Å²) in [6.45, 7) is 0.286. The zero-order valence-electron chi connectivity index (χ0n) is 13.5. The third kappa shape index (κ3) is 3.13. The Kier molecular flexibility index (Phi) is 3.97. The van der Waals surface area contributed by atoms with E-state index < -0.39 is 6.10 Å². The van der Waals surface area contributed by atoms with Gasteiger partial charge in [-0.25, -0.2) is 9.37 Å². The van der Waals surface area contributed by atoms with Crippen LogP contribution in [0.3, 0.4) is 0 Å². The van der Waals surface area contributed by atoms with Crippen LogP contribution in [0.4, 0.5) is 4.39 Å². The summed E-state index contributed by atoms with van der Waals surface area (Å²) in [6.07, 6.45) is 3.79. The number of halogens is 1. The van der Waals surface area contributed by atoms with Crippen molar-refractivity contribution in [2.24, 2.45) is 0 Å². The number of amides is 1. The van der Waals surface area contributed by atoms with Gasteiger partial charge in [-0.2, -0.15) is 0 Å². The van der Waals surface area contributed by atoms with E-state index in [1.807, 2.05) is 35.0 Å². The summed E-state index contributed by atoms with van der Waals surface area (Å²) in [6, 6.07) is 11.5. The zero-order chi connectivity index (χ0) is 17.4. The second-order valence-corrected chi connectivity index (χ2v) is 6.38. The largest absolute Gasteiger partial charge is 0.391 e. The van der Waals surface area contributed by atoms with Crippen LogP contribution in [0.5, 0.6) is 0 Å². The second-order valence-electron chi connectivity index (χ2n) is 6.38. The number of aliphatic hydroxyl groups excluding tert-OH is 1. The molecule has 0 saturated carbocycles. The van der Waals surface area contributed by atoms with Gasteiger partial charge in [0.1, 0.15) is 11.5 Å². The molecule has 0 bridgehead atoms. The molecular formula is C19H18FN3O2. The molecule has 2 aromatic heterocycles. The number of fused-ring (bicyclic) bond motifs is 1. The Bertz CT molecular complexity index is 873. The molecule has 1 aromatic carbocycles. The number of hydrogen-bond donors (Lipinski definition) is 1. The van der Waals surface area contributed by atoms with E-state index in [1.54, 1.807) is 17.0 Å². The van der Waals surface area contributed by atoms with Crippen LogP contribution in [0, 0.1) is 5.82 Å². The van der Waals surface area contributed by atoms with Crippen LogP contribution in [0.1, 0.15) is 23.7 Å². The van der Waals surface area contributed by atoms with Crippen LogP contribution in [0.2, 0.25) is 0 Å². The van der Waals surface area contributed by atoms with Gasteiger partial charge < -0.3 is 14.4 Å². The van der Waals surface area contributed by atoms with Crippen molar-refractivity contribution in [2.75, 3.05) is 6.54 Å². The zero-order valence-corrected chi connectivity index (χ0v) is 13.5. The van der Waals surface area contributed by atoms with Gasteiger partial charge in [0.2, 0.25) is 5.91 Å². The third-order valence-electron chi connectivity index (χ3n) is 4.60. The standard InChI is InChI=1S/C19H18FN3O2/c20-14-6-4-13(5-7-14)17-10-16(24)12-23(17)19(25)9-15-11-22-8-2-1-3-18(22)21-15/h1-8,11,16-17,24H,9-10,12H2/t16-,17-/m1/s1. The van der Waals surface area contributed by atoms with E-state index in [1.165, 1.54) is 12.1 Å². The number of hydrogen-bond acceptors (Lipinski definition) is 3. The molecule has 0 radical (unpaired) electrons. The number of benzene rings is 1. The average Bonchev–Trinajstić information content (AvgIpc) is 3.18. The fourth-order valence-electron chi connectivity index (χ4n) is 3.42. The first kappa shape index (κ1) is 15.8. The molecule has 1 aliphatic heterocycles. The summed E-state index contributed by atoms with van der Waals surface area (Å²) in [4.78, 5) is 18.9. The molecule has 0 spiro atoms. The minimum absolute atomic E-state index is 0.0886.